The molecule has 2 atom stereocenters. The minimum absolute atomic E-state index is 0. The Bertz CT molecular complexity index is 463. The van der Waals surface area contributed by atoms with Crippen molar-refractivity contribution < 1.29 is 54.1 Å². The van der Waals surface area contributed by atoms with E-state index in [1.807, 2.05) is 0 Å². The summed E-state index contributed by atoms with van der Waals surface area (Å²) in [6.45, 7) is 2.71. The second-order valence-electron chi connectivity index (χ2n) is 4.35. The van der Waals surface area contributed by atoms with Crippen molar-refractivity contribution in [2.75, 3.05) is 0 Å². The smallest absolute Gasteiger partial charge is 1.00 e. The quantitative estimate of drug-likeness (QED) is 0.386. The van der Waals surface area contributed by atoms with E-state index in [1.54, 1.807) is 0 Å². The Morgan fingerprint density at radius 1 is 1.56 bits per heavy atom. The van der Waals surface area contributed by atoms with Crippen LogP contribution in [0.2, 0.25) is 0 Å². The van der Waals surface area contributed by atoms with Gasteiger partial charge in [-0.05, 0) is 13.8 Å². The maximum absolute atomic E-state index is 11.9. The Hall–Kier alpha value is -0.110. The zero-order valence-corrected chi connectivity index (χ0v) is 12.1. The Morgan fingerprint density at radius 2 is 2.06 bits per heavy atom. The summed E-state index contributed by atoms with van der Waals surface area (Å²) in [4.78, 5) is 23.2. The first kappa shape index (κ1) is 14.0. The van der Waals surface area contributed by atoms with Crippen molar-refractivity contribution in [3.8, 4) is 0 Å². The molecule has 0 aliphatic carbocycles. The zero-order valence-electron chi connectivity index (χ0n) is 10.3. The Labute approximate surface area is 117 Å². The molecule has 6 nitrogen and oxygen atoms in total. The van der Waals surface area contributed by atoms with E-state index >= 15 is 0 Å². The van der Waals surface area contributed by atoms with Gasteiger partial charge in [-0.1, -0.05) is 0 Å². The first-order valence-electron chi connectivity index (χ1n) is 4.48. The van der Waals surface area contributed by atoms with Crippen molar-refractivity contribution in [1.29, 1.82) is 0 Å². The molecule has 2 unspecified atom stereocenters. The third kappa shape index (κ3) is 1.38. The van der Waals surface area contributed by atoms with Crippen LogP contribution in [0.25, 0.3) is 0 Å². The van der Waals surface area contributed by atoms with Crippen LogP contribution in [0.15, 0.2) is 0 Å². The van der Waals surface area contributed by atoms with Crippen molar-refractivity contribution >= 4 is 21.7 Å². The minimum Gasteiger partial charge on any atom is -1.00 e. The average molecular weight is 257 g/mol. The fourth-order valence-corrected chi connectivity index (χ4v) is 4.36. The summed E-state index contributed by atoms with van der Waals surface area (Å²) in [6.07, 6.45) is -0.0878. The van der Waals surface area contributed by atoms with Gasteiger partial charge in [-0.15, -0.1) is 0 Å². The van der Waals surface area contributed by atoms with E-state index in [1.165, 1.54) is 13.8 Å². The number of carboxylic acids is 1. The van der Waals surface area contributed by atoms with Crippen molar-refractivity contribution in [3.63, 3.8) is 0 Å². The third-order valence-electron chi connectivity index (χ3n) is 3.21. The van der Waals surface area contributed by atoms with Crippen molar-refractivity contribution in [3.05, 3.63) is 0 Å². The van der Waals surface area contributed by atoms with Crippen LogP contribution in [-0.2, 0) is 19.4 Å². The van der Waals surface area contributed by atoms with Gasteiger partial charge in [0.1, 0.15) is 11.4 Å². The number of carbonyl (C=O) groups is 2. The molecule has 8 heteroatoms. The van der Waals surface area contributed by atoms with Gasteiger partial charge in [0.05, 0.1) is 11.2 Å². The fraction of sp³-hybridized carbons (Fsp3) is 0.750. The Balaban J connectivity index is 0.00000128. The number of amides is 1. The van der Waals surface area contributed by atoms with Crippen LogP contribution in [0.4, 0.5) is 0 Å². The minimum atomic E-state index is -3.57. The van der Waals surface area contributed by atoms with Crippen LogP contribution in [0.1, 0.15) is 21.7 Å². The molecular formula is C8H12NNaO5S. The molecule has 2 saturated heterocycles. The van der Waals surface area contributed by atoms with Crippen LogP contribution in [-0.4, -0.2) is 46.5 Å². The monoisotopic (exact) mass is 257 g/mol. The molecule has 2 rings (SSSR count). The number of hydrogen-bond donors (Lipinski definition) is 1. The van der Waals surface area contributed by atoms with Crippen molar-refractivity contribution in [2.24, 2.45) is 0 Å². The van der Waals surface area contributed by atoms with Crippen LogP contribution < -0.4 is 29.6 Å². The maximum Gasteiger partial charge on any atom is 1.00 e. The number of rotatable bonds is 1. The van der Waals surface area contributed by atoms with Crippen LogP contribution in [0.5, 0.6) is 0 Å². The number of carbonyl (C=O) groups excluding carboxylic acids is 1. The molecular weight excluding hydrogens is 245 g/mol. The number of aliphatic carboxylic acids is 1. The standard InChI is InChI=1S/C8H11NO5S.Na.H/c1-8(2)6(7(11)12)9-4(10)3-5(9)15(8,13)14;;/h5-6H,3H2,1-2H3,(H,11,12);;/q;+1;-1. The van der Waals surface area contributed by atoms with E-state index < -0.39 is 37.9 Å². The molecule has 0 aromatic rings. The van der Waals surface area contributed by atoms with Gasteiger partial charge in [-0.3, -0.25) is 4.79 Å². The van der Waals surface area contributed by atoms with Gasteiger partial charge >= 0.3 is 35.5 Å². The summed E-state index contributed by atoms with van der Waals surface area (Å²) >= 11 is 0. The normalized spacial score (nSPS) is 33.6. The van der Waals surface area contributed by atoms with Gasteiger partial charge in [0, 0.05) is 0 Å². The fourth-order valence-electron chi connectivity index (χ4n) is 2.23. The van der Waals surface area contributed by atoms with Crippen LogP contribution >= 0.6 is 0 Å². The summed E-state index contributed by atoms with van der Waals surface area (Å²) in [5, 5.41) is 8.03. The number of β-lactam (4-membered cyclic amide) rings is 1. The van der Waals surface area contributed by atoms with Gasteiger partial charge in [-0.25, -0.2) is 13.2 Å². The molecule has 2 aliphatic rings. The third-order valence-corrected chi connectivity index (χ3v) is 6.01. The first-order valence-corrected chi connectivity index (χ1v) is 6.03. The maximum atomic E-state index is 11.9. The number of sulfone groups is 1. The zero-order chi connectivity index (χ0) is 11.6. The molecule has 2 heterocycles. The number of nitrogens with zero attached hydrogens (tertiary/aromatic N) is 1. The molecule has 86 valence electrons. The van der Waals surface area contributed by atoms with E-state index in [4.69, 9.17) is 5.11 Å². The topological polar surface area (TPSA) is 91.8 Å². The largest absolute Gasteiger partial charge is 1.00 e. The number of carboxylic acid groups (broad SMARTS) is 1. The summed E-state index contributed by atoms with van der Waals surface area (Å²) in [7, 11) is -3.57. The van der Waals surface area contributed by atoms with E-state index in [2.05, 4.69) is 0 Å². The van der Waals surface area contributed by atoms with Gasteiger partial charge in [0.2, 0.25) is 5.91 Å². The predicted molar refractivity (Wildman–Crippen MR) is 50.8 cm³/mol. The average Bonchev–Trinajstić information content (AvgIpc) is 2.19. The molecule has 0 aromatic carbocycles. The van der Waals surface area contributed by atoms with Gasteiger partial charge in [0.15, 0.2) is 9.84 Å². The van der Waals surface area contributed by atoms with E-state index in [0.717, 1.165) is 4.90 Å². The van der Waals surface area contributed by atoms with Gasteiger partial charge in [-0.2, -0.15) is 0 Å². The molecule has 0 radical (unpaired) electrons. The molecule has 1 N–H and O–H groups in total. The predicted octanol–water partition coefficient (Wildman–Crippen LogP) is -3.68. The van der Waals surface area contributed by atoms with Crippen LogP contribution in [0.3, 0.4) is 0 Å². The van der Waals surface area contributed by atoms with E-state index in [0.29, 0.717) is 0 Å². The van der Waals surface area contributed by atoms with Crippen molar-refractivity contribution in [2.45, 2.75) is 36.4 Å². The molecule has 0 bridgehead atoms. The summed E-state index contributed by atoms with van der Waals surface area (Å²) in [6, 6.07) is -1.26. The summed E-state index contributed by atoms with van der Waals surface area (Å²) in [5.41, 5.74) is 0. The Kier molecular flexibility index (Phi) is 3.22. The first-order chi connectivity index (χ1) is 6.71. The SMILES string of the molecule is CC1(C)C(C(=O)O)N2C(=O)CC2S1(=O)=O.[H-].[Na+]. The van der Waals surface area contributed by atoms with Crippen molar-refractivity contribution in [1.82, 2.24) is 4.90 Å². The second-order valence-corrected chi connectivity index (χ2v) is 7.04. The molecule has 0 spiro atoms. The Morgan fingerprint density at radius 3 is 2.38 bits per heavy atom. The molecule has 16 heavy (non-hydrogen) atoms. The summed E-state index contributed by atoms with van der Waals surface area (Å²) < 4.78 is 22.4. The molecule has 1 amide bonds. The molecule has 0 saturated carbocycles. The second kappa shape index (κ2) is 3.69. The molecule has 2 fully saturated rings. The van der Waals surface area contributed by atoms with E-state index in [9.17, 15) is 18.0 Å². The number of fused-ring (bicyclic) bond motifs is 1. The van der Waals surface area contributed by atoms with Crippen LogP contribution in [0, 0.1) is 0 Å². The number of hydrogen-bond acceptors (Lipinski definition) is 4. The van der Waals surface area contributed by atoms with Gasteiger partial charge < -0.3 is 11.4 Å². The van der Waals surface area contributed by atoms with Gasteiger partial charge in [0.25, 0.3) is 0 Å². The molecule has 0 aromatic heterocycles. The summed E-state index contributed by atoms with van der Waals surface area (Å²) in [5.74, 6) is -1.67. The van der Waals surface area contributed by atoms with E-state index in [-0.39, 0.29) is 37.4 Å². The molecule has 2 aliphatic heterocycles.